The molecule has 0 aliphatic carbocycles. The second-order valence-corrected chi connectivity index (χ2v) is 4.83. The zero-order valence-corrected chi connectivity index (χ0v) is 11.3. The van der Waals surface area contributed by atoms with Crippen LogP contribution >= 0.6 is 0 Å². The molecular formula is C16H18N2O. The second kappa shape index (κ2) is 5.02. The lowest BCUT2D eigenvalue weighted by Gasteiger charge is -2.21. The van der Waals surface area contributed by atoms with E-state index in [4.69, 9.17) is 4.74 Å². The fraction of sp³-hybridized carbons (Fsp3) is 0.312. The quantitative estimate of drug-likeness (QED) is 0.914. The van der Waals surface area contributed by atoms with Crippen molar-refractivity contribution in [2.24, 2.45) is 0 Å². The molecule has 0 amide bonds. The summed E-state index contributed by atoms with van der Waals surface area (Å²) < 4.78 is 5.81. The van der Waals surface area contributed by atoms with Crippen LogP contribution in [0.5, 0.6) is 5.75 Å². The molecule has 1 aromatic heterocycles. The molecule has 1 unspecified atom stereocenters. The maximum absolute atomic E-state index is 5.81. The Balaban J connectivity index is 2.09. The van der Waals surface area contributed by atoms with Crippen molar-refractivity contribution in [2.45, 2.75) is 19.4 Å². The van der Waals surface area contributed by atoms with Gasteiger partial charge in [0.25, 0.3) is 0 Å². The standard InChI is InChI=1S/C16H18N2O/c1-11-13(7-4-9-18-11)15(17-2)14-6-3-5-12-8-10-19-16(12)14/h3-7,9,15,17H,8,10H2,1-2H3. The van der Waals surface area contributed by atoms with Crippen molar-refractivity contribution in [3.63, 3.8) is 0 Å². The summed E-state index contributed by atoms with van der Waals surface area (Å²) in [7, 11) is 1.98. The van der Waals surface area contributed by atoms with Crippen LogP contribution in [0, 0.1) is 6.92 Å². The number of fused-ring (bicyclic) bond motifs is 1. The highest BCUT2D eigenvalue weighted by atomic mass is 16.5. The molecule has 3 rings (SSSR count). The van der Waals surface area contributed by atoms with Crippen LogP contribution in [-0.4, -0.2) is 18.6 Å². The van der Waals surface area contributed by atoms with Crippen molar-refractivity contribution in [3.8, 4) is 5.75 Å². The van der Waals surface area contributed by atoms with E-state index in [0.29, 0.717) is 0 Å². The highest BCUT2D eigenvalue weighted by Crippen LogP contribution is 2.36. The van der Waals surface area contributed by atoms with Crippen molar-refractivity contribution in [2.75, 3.05) is 13.7 Å². The van der Waals surface area contributed by atoms with E-state index in [0.717, 1.165) is 24.5 Å². The lowest BCUT2D eigenvalue weighted by Crippen LogP contribution is -2.19. The molecule has 0 saturated carbocycles. The normalized spacial score (nSPS) is 14.8. The van der Waals surface area contributed by atoms with Gasteiger partial charge in [-0.2, -0.15) is 0 Å². The van der Waals surface area contributed by atoms with Gasteiger partial charge in [-0.1, -0.05) is 24.3 Å². The first-order valence-corrected chi connectivity index (χ1v) is 6.64. The molecule has 0 fully saturated rings. The Kier molecular flexibility index (Phi) is 3.22. The van der Waals surface area contributed by atoms with Gasteiger partial charge in [0.2, 0.25) is 0 Å². The molecule has 2 heterocycles. The second-order valence-electron chi connectivity index (χ2n) is 4.83. The minimum atomic E-state index is 0.127. The molecule has 0 saturated heterocycles. The van der Waals surface area contributed by atoms with Crippen LogP contribution in [0.25, 0.3) is 0 Å². The molecule has 98 valence electrons. The van der Waals surface area contributed by atoms with Gasteiger partial charge in [-0.05, 0) is 31.2 Å². The van der Waals surface area contributed by atoms with Gasteiger partial charge in [0.1, 0.15) is 5.75 Å². The first-order valence-electron chi connectivity index (χ1n) is 6.64. The predicted octanol–water partition coefficient (Wildman–Crippen LogP) is 2.63. The van der Waals surface area contributed by atoms with Crippen LogP contribution in [0.4, 0.5) is 0 Å². The van der Waals surface area contributed by atoms with E-state index in [2.05, 4.69) is 34.6 Å². The number of hydrogen-bond acceptors (Lipinski definition) is 3. The summed E-state index contributed by atoms with van der Waals surface area (Å²) in [5, 5.41) is 3.39. The molecule has 1 aliphatic heterocycles. The van der Waals surface area contributed by atoms with Crippen LogP contribution in [0.3, 0.4) is 0 Å². The number of para-hydroxylation sites is 1. The smallest absolute Gasteiger partial charge is 0.127 e. The SMILES string of the molecule is CNC(c1cccnc1C)c1cccc2c1OCC2. The monoisotopic (exact) mass is 254 g/mol. The van der Waals surface area contributed by atoms with E-state index in [1.165, 1.54) is 16.7 Å². The van der Waals surface area contributed by atoms with E-state index < -0.39 is 0 Å². The predicted molar refractivity (Wildman–Crippen MR) is 75.5 cm³/mol. The lowest BCUT2D eigenvalue weighted by molar-refractivity contribution is 0.351. The van der Waals surface area contributed by atoms with Gasteiger partial charge in [-0.3, -0.25) is 4.98 Å². The maximum atomic E-state index is 5.81. The molecule has 19 heavy (non-hydrogen) atoms. The fourth-order valence-electron chi connectivity index (χ4n) is 2.75. The van der Waals surface area contributed by atoms with Crippen LogP contribution in [0.1, 0.15) is 28.4 Å². The average molecular weight is 254 g/mol. The third kappa shape index (κ3) is 2.10. The Bertz CT molecular complexity index is 595. The number of rotatable bonds is 3. The third-order valence-electron chi connectivity index (χ3n) is 3.70. The summed E-state index contributed by atoms with van der Waals surface area (Å²) in [6.45, 7) is 2.83. The molecule has 3 nitrogen and oxygen atoms in total. The van der Waals surface area contributed by atoms with Crippen LogP contribution in [0.15, 0.2) is 36.5 Å². The van der Waals surface area contributed by atoms with Crippen molar-refractivity contribution >= 4 is 0 Å². The molecule has 3 heteroatoms. The summed E-state index contributed by atoms with van der Waals surface area (Å²) in [6.07, 6.45) is 2.84. The summed E-state index contributed by atoms with van der Waals surface area (Å²) in [4.78, 5) is 4.39. The molecule has 1 N–H and O–H groups in total. The summed E-state index contributed by atoms with van der Waals surface area (Å²) in [6, 6.07) is 10.6. The van der Waals surface area contributed by atoms with Crippen molar-refractivity contribution in [1.29, 1.82) is 0 Å². The highest BCUT2D eigenvalue weighted by Gasteiger charge is 2.23. The van der Waals surface area contributed by atoms with Gasteiger partial charge in [0, 0.05) is 23.9 Å². The van der Waals surface area contributed by atoms with Crippen LogP contribution in [-0.2, 0) is 6.42 Å². The van der Waals surface area contributed by atoms with Gasteiger partial charge in [0.15, 0.2) is 0 Å². The summed E-state index contributed by atoms with van der Waals surface area (Å²) >= 11 is 0. The van der Waals surface area contributed by atoms with E-state index in [1.807, 2.05) is 26.2 Å². The average Bonchev–Trinajstić information content (AvgIpc) is 2.91. The number of pyridine rings is 1. The molecular weight excluding hydrogens is 236 g/mol. The number of aryl methyl sites for hydroxylation is 1. The molecule has 0 spiro atoms. The number of nitrogens with zero attached hydrogens (tertiary/aromatic N) is 1. The Morgan fingerprint density at radius 3 is 2.84 bits per heavy atom. The summed E-state index contributed by atoms with van der Waals surface area (Å²) in [5.41, 5.74) is 4.76. The largest absolute Gasteiger partial charge is 0.493 e. The number of nitrogens with one attached hydrogen (secondary N) is 1. The minimum Gasteiger partial charge on any atom is -0.493 e. The van der Waals surface area contributed by atoms with E-state index in [9.17, 15) is 0 Å². The number of benzene rings is 1. The minimum absolute atomic E-state index is 0.127. The Morgan fingerprint density at radius 2 is 2.05 bits per heavy atom. The van der Waals surface area contributed by atoms with Crippen LogP contribution in [0.2, 0.25) is 0 Å². The van der Waals surface area contributed by atoms with Crippen molar-refractivity contribution in [1.82, 2.24) is 10.3 Å². The topological polar surface area (TPSA) is 34.2 Å². The molecule has 1 aliphatic rings. The fourth-order valence-corrected chi connectivity index (χ4v) is 2.75. The number of aromatic nitrogens is 1. The molecule has 1 aromatic carbocycles. The maximum Gasteiger partial charge on any atom is 0.127 e. The Hall–Kier alpha value is -1.87. The van der Waals surface area contributed by atoms with Crippen molar-refractivity contribution < 1.29 is 4.74 Å². The first kappa shape index (κ1) is 12.2. The molecule has 0 bridgehead atoms. The lowest BCUT2D eigenvalue weighted by atomic mass is 9.95. The Morgan fingerprint density at radius 1 is 1.21 bits per heavy atom. The van der Waals surface area contributed by atoms with Gasteiger partial charge in [-0.25, -0.2) is 0 Å². The molecule has 0 radical (unpaired) electrons. The van der Waals surface area contributed by atoms with E-state index in [1.54, 1.807) is 0 Å². The van der Waals surface area contributed by atoms with Gasteiger partial charge >= 0.3 is 0 Å². The van der Waals surface area contributed by atoms with Gasteiger partial charge in [0.05, 0.1) is 12.6 Å². The number of ether oxygens (including phenoxy) is 1. The highest BCUT2D eigenvalue weighted by molar-refractivity contribution is 5.49. The van der Waals surface area contributed by atoms with Crippen LogP contribution < -0.4 is 10.1 Å². The van der Waals surface area contributed by atoms with Gasteiger partial charge < -0.3 is 10.1 Å². The first-order chi connectivity index (χ1) is 9.31. The van der Waals surface area contributed by atoms with E-state index in [-0.39, 0.29) is 6.04 Å². The summed E-state index contributed by atoms with van der Waals surface area (Å²) in [5.74, 6) is 1.05. The Labute approximate surface area is 113 Å². The third-order valence-corrected chi connectivity index (χ3v) is 3.70. The van der Waals surface area contributed by atoms with Crippen molar-refractivity contribution in [3.05, 3.63) is 58.9 Å². The van der Waals surface area contributed by atoms with E-state index >= 15 is 0 Å². The van der Waals surface area contributed by atoms with Gasteiger partial charge in [-0.15, -0.1) is 0 Å². The molecule has 1 atom stereocenters. The zero-order chi connectivity index (χ0) is 13.2. The molecule has 2 aromatic rings. The zero-order valence-electron chi connectivity index (χ0n) is 11.3. The number of hydrogen-bond donors (Lipinski definition) is 1.